The monoisotopic (exact) mass is 399 g/mol. The molecule has 2 N–H and O–H groups in total. The van der Waals surface area contributed by atoms with Crippen LogP contribution in [0.3, 0.4) is 0 Å². The molecule has 1 saturated heterocycles. The summed E-state index contributed by atoms with van der Waals surface area (Å²) in [7, 11) is 0. The zero-order valence-electron chi connectivity index (χ0n) is 15.9. The van der Waals surface area contributed by atoms with Gasteiger partial charge in [-0.3, -0.25) is 0 Å². The minimum absolute atomic E-state index is 0.00667. The molecular formula is C19H23F2NO6. The van der Waals surface area contributed by atoms with Gasteiger partial charge >= 0.3 is 12.1 Å². The van der Waals surface area contributed by atoms with Gasteiger partial charge in [0.2, 0.25) is 0 Å². The van der Waals surface area contributed by atoms with Crippen LogP contribution in [0.4, 0.5) is 13.6 Å². The number of halogens is 2. The molecule has 1 fully saturated rings. The average Bonchev–Trinajstić information content (AvgIpc) is 2.95. The molecule has 3 rings (SSSR count). The van der Waals surface area contributed by atoms with Gasteiger partial charge in [-0.25, -0.2) is 18.4 Å². The Morgan fingerprint density at radius 2 is 2.00 bits per heavy atom. The zero-order valence-corrected chi connectivity index (χ0v) is 15.9. The number of rotatable bonds is 2. The smallest absolute Gasteiger partial charge is 0.410 e. The second-order valence-electron chi connectivity index (χ2n) is 8.16. The van der Waals surface area contributed by atoms with E-state index >= 15 is 8.78 Å². The summed E-state index contributed by atoms with van der Waals surface area (Å²) in [5.74, 6) is -4.61. The second-order valence-corrected chi connectivity index (χ2v) is 8.16. The molecule has 1 amide bonds. The Kier molecular flexibility index (Phi) is 4.77. The summed E-state index contributed by atoms with van der Waals surface area (Å²) in [4.78, 5) is 24.5. The summed E-state index contributed by atoms with van der Waals surface area (Å²) in [6.07, 6.45) is -0.887. The number of likely N-dealkylation sites (tertiary alicyclic amines) is 1. The highest BCUT2D eigenvalue weighted by atomic mass is 19.3. The largest absolute Gasteiger partial charge is 0.492 e. The van der Waals surface area contributed by atoms with E-state index in [9.17, 15) is 19.8 Å². The first-order valence-electron chi connectivity index (χ1n) is 8.91. The first kappa shape index (κ1) is 20.3. The summed E-state index contributed by atoms with van der Waals surface area (Å²) >= 11 is 0. The standard InChI is InChI=1S/C19H23F2NO6/c1-17(2,3)28-16(26)22-7-6-18(19(20,21)9-22)10-27-14-12(8-23)11(15(24)25)4-5-13(14)18/h4-5,23H,6-10H2,1-3H3,(H,24,25)/t18-/m0/s1. The molecule has 1 spiro atoms. The molecule has 7 nitrogen and oxygen atoms in total. The number of piperidine rings is 1. The number of carbonyl (C=O) groups is 2. The van der Waals surface area contributed by atoms with Gasteiger partial charge in [0.05, 0.1) is 24.1 Å². The van der Waals surface area contributed by atoms with Gasteiger partial charge in [0.15, 0.2) is 0 Å². The van der Waals surface area contributed by atoms with Gasteiger partial charge in [0.1, 0.15) is 18.0 Å². The van der Waals surface area contributed by atoms with E-state index in [0.717, 1.165) is 4.90 Å². The molecule has 1 aromatic carbocycles. The fourth-order valence-electron chi connectivity index (χ4n) is 3.77. The normalized spacial score (nSPS) is 23.3. The van der Waals surface area contributed by atoms with Crippen LogP contribution in [-0.4, -0.2) is 58.4 Å². The third-order valence-electron chi connectivity index (χ3n) is 5.18. The Balaban J connectivity index is 1.94. The number of fused-ring (bicyclic) bond motifs is 2. The van der Waals surface area contributed by atoms with Gasteiger partial charge in [0.25, 0.3) is 5.92 Å². The molecule has 0 radical (unpaired) electrons. The number of carboxylic acid groups (broad SMARTS) is 1. The van der Waals surface area contributed by atoms with E-state index in [4.69, 9.17) is 9.47 Å². The van der Waals surface area contributed by atoms with Crippen molar-refractivity contribution in [1.82, 2.24) is 4.90 Å². The molecule has 2 heterocycles. The minimum atomic E-state index is -3.33. The number of amides is 1. The first-order valence-corrected chi connectivity index (χ1v) is 8.91. The van der Waals surface area contributed by atoms with Crippen LogP contribution in [0.15, 0.2) is 12.1 Å². The summed E-state index contributed by atoms with van der Waals surface area (Å²) < 4.78 is 41.2. The van der Waals surface area contributed by atoms with Crippen LogP contribution >= 0.6 is 0 Å². The molecule has 0 bridgehead atoms. The number of aromatic carboxylic acids is 1. The molecule has 0 unspecified atom stereocenters. The van der Waals surface area contributed by atoms with Crippen molar-refractivity contribution in [3.05, 3.63) is 28.8 Å². The average molecular weight is 399 g/mol. The lowest BCUT2D eigenvalue weighted by atomic mass is 9.71. The van der Waals surface area contributed by atoms with E-state index in [2.05, 4.69) is 0 Å². The lowest BCUT2D eigenvalue weighted by Gasteiger charge is -2.44. The lowest BCUT2D eigenvalue weighted by molar-refractivity contribution is -0.132. The summed E-state index contributed by atoms with van der Waals surface area (Å²) in [6.45, 7) is 3.19. The van der Waals surface area contributed by atoms with Crippen LogP contribution in [-0.2, 0) is 16.8 Å². The summed E-state index contributed by atoms with van der Waals surface area (Å²) in [5.41, 5.74) is -2.54. The van der Waals surface area contributed by atoms with Gasteiger partial charge in [-0.1, -0.05) is 6.07 Å². The fraction of sp³-hybridized carbons (Fsp3) is 0.579. The molecule has 0 saturated carbocycles. The Morgan fingerprint density at radius 1 is 1.32 bits per heavy atom. The van der Waals surface area contributed by atoms with Gasteiger partial charge in [-0.05, 0) is 33.3 Å². The SMILES string of the molecule is CC(C)(C)OC(=O)N1CC[C@@]2(COc3c2ccc(C(=O)O)c3CO)C(F)(F)C1. The van der Waals surface area contributed by atoms with Crippen LogP contribution in [0, 0.1) is 0 Å². The Bertz CT molecular complexity index is 819. The maximum Gasteiger partial charge on any atom is 0.410 e. The summed E-state index contributed by atoms with van der Waals surface area (Å²) in [6, 6.07) is 2.53. The maximum absolute atomic E-state index is 15.3. The molecule has 0 aromatic heterocycles. The van der Waals surface area contributed by atoms with Crippen molar-refractivity contribution in [3.8, 4) is 5.75 Å². The van der Waals surface area contributed by atoms with Gasteiger partial charge in [0, 0.05) is 17.7 Å². The van der Waals surface area contributed by atoms with E-state index in [0.29, 0.717) is 0 Å². The number of hydrogen-bond donors (Lipinski definition) is 2. The van der Waals surface area contributed by atoms with Crippen LogP contribution < -0.4 is 4.74 Å². The molecule has 1 atom stereocenters. The highest BCUT2D eigenvalue weighted by Crippen LogP contribution is 2.54. The number of alkyl halides is 2. The molecule has 9 heteroatoms. The Morgan fingerprint density at radius 3 is 2.54 bits per heavy atom. The Hall–Kier alpha value is -2.42. The number of hydrogen-bond acceptors (Lipinski definition) is 5. The van der Waals surface area contributed by atoms with E-state index in [-0.39, 0.29) is 42.0 Å². The Labute approximate surface area is 160 Å². The topological polar surface area (TPSA) is 96.3 Å². The highest BCUT2D eigenvalue weighted by Gasteiger charge is 2.62. The predicted octanol–water partition coefficient (Wildman–Crippen LogP) is 2.78. The highest BCUT2D eigenvalue weighted by molar-refractivity contribution is 5.90. The second kappa shape index (κ2) is 6.58. The third kappa shape index (κ3) is 3.17. The maximum atomic E-state index is 15.3. The predicted molar refractivity (Wildman–Crippen MR) is 93.9 cm³/mol. The van der Waals surface area contributed by atoms with Crippen molar-refractivity contribution in [2.45, 2.75) is 50.7 Å². The fourth-order valence-corrected chi connectivity index (χ4v) is 3.77. The third-order valence-corrected chi connectivity index (χ3v) is 5.18. The van der Waals surface area contributed by atoms with Gasteiger partial charge in [-0.15, -0.1) is 0 Å². The number of carboxylic acids is 1. The van der Waals surface area contributed by atoms with Crippen molar-refractivity contribution in [3.63, 3.8) is 0 Å². The quantitative estimate of drug-likeness (QED) is 0.794. The van der Waals surface area contributed by atoms with E-state index < -0.39 is 42.2 Å². The van der Waals surface area contributed by atoms with Crippen molar-refractivity contribution in [2.24, 2.45) is 0 Å². The molecule has 0 aliphatic carbocycles. The lowest BCUT2D eigenvalue weighted by Crippen LogP contribution is -2.60. The van der Waals surface area contributed by atoms with E-state index in [1.54, 1.807) is 20.8 Å². The van der Waals surface area contributed by atoms with Crippen molar-refractivity contribution < 1.29 is 38.1 Å². The summed E-state index contributed by atoms with van der Waals surface area (Å²) in [5, 5.41) is 18.8. The minimum Gasteiger partial charge on any atom is -0.492 e. The van der Waals surface area contributed by atoms with Crippen molar-refractivity contribution in [2.75, 3.05) is 19.7 Å². The van der Waals surface area contributed by atoms with Crippen LogP contribution in [0.25, 0.3) is 0 Å². The van der Waals surface area contributed by atoms with Gasteiger partial charge < -0.3 is 24.6 Å². The molecule has 1 aromatic rings. The number of benzene rings is 1. The first-order chi connectivity index (χ1) is 12.9. The molecule has 28 heavy (non-hydrogen) atoms. The van der Waals surface area contributed by atoms with Crippen LogP contribution in [0.2, 0.25) is 0 Å². The molecule has 2 aliphatic heterocycles. The van der Waals surface area contributed by atoms with Crippen LogP contribution in [0.1, 0.15) is 48.7 Å². The van der Waals surface area contributed by atoms with Crippen LogP contribution in [0.5, 0.6) is 5.75 Å². The number of carbonyl (C=O) groups excluding carboxylic acids is 1. The number of nitrogens with zero attached hydrogens (tertiary/aromatic N) is 1. The zero-order chi connectivity index (χ0) is 20.9. The van der Waals surface area contributed by atoms with E-state index in [1.807, 2.05) is 0 Å². The van der Waals surface area contributed by atoms with Crippen molar-refractivity contribution in [1.29, 1.82) is 0 Å². The number of ether oxygens (including phenoxy) is 2. The number of aliphatic hydroxyl groups excluding tert-OH is 1. The molecule has 2 aliphatic rings. The van der Waals surface area contributed by atoms with Crippen molar-refractivity contribution >= 4 is 12.1 Å². The van der Waals surface area contributed by atoms with E-state index in [1.165, 1.54) is 12.1 Å². The molecular weight excluding hydrogens is 376 g/mol. The molecule has 154 valence electrons. The van der Waals surface area contributed by atoms with Gasteiger partial charge in [-0.2, -0.15) is 0 Å². The number of aliphatic hydroxyl groups is 1.